The van der Waals surface area contributed by atoms with Crippen LogP contribution in [0.15, 0.2) is 0 Å². The number of hydrogen-bond donors (Lipinski definition) is 1. The fourth-order valence-electron chi connectivity index (χ4n) is 1.94. The molecule has 3 heteroatoms. The average Bonchev–Trinajstić information content (AvgIpc) is 2.59. The van der Waals surface area contributed by atoms with Crippen molar-refractivity contribution in [2.75, 3.05) is 6.61 Å². The molecule has 2 N–H and O–H groups in total. The van der Waals surface area contributed by atoms with Crippen molar-refractivity contribution in [2.24, 2.45) is 11.1 Å². The Morgan fingerprint density at radius 1 is 1.47 bits per heavy atom. The summed E-state index contributed by atoms with van der Waals surface area (Å²) in [5.41, 5.74) is 5.58. The zero-order valence-corrected chi connectivity index (χ0v) is 9.83. The topological polar surface area (TPSA) is 59.0 Å². The summed E-state index contributed by atoms with van der Waals surface area (Å²) in [6.45, 7) is 4.71. The van der Waals surface area contributed by atoms with Crippen LogP contribution in [0.3, 0.4) is 0 Å². The highest BCUT2D eigenvalue weighted by Gasteiger charge is 2.22. The Morgan fingerprint density at radius 3 is 2.73 bits per heavy atom. The lowest BCUT2D eigenvalue weighted by Gasteiger charge is -2.16. The summed E-state index contributed by atoms with van der Waals surface area (Å²) < 4.78 is 5.72. The van der Waals surface area contributed by atoms with Gasteiger partial charge in [0.05, 0.1) is 17.6 Å². The van der Waals surface area contributed by atoms with Gasteiger partial charge in [0.25, 0.3) is 0 Å². The van der Waals surface area contributed by atoms with Crippen LogP contribution in [0.2, 0.25) is 0 Å². The van der Waals surface area contributed by atoms with Gasteiger partial charge in [-0.2, -0.15) is 5.26 Å². The van der Waals surface area contributed by atoms with Crippen molar-refractivity contribution in [3.05, 3.63) is 0 Å². The van der Waals surface area contributed by atoms with Crippen LogP contribution in [-0.2, 0) is 4.74 Å². The smallest absolute Gasteiger partial charge is 0.0683 e. The summed E-state index contributed by atoms with van der Waals surface area (Å²) in [6, 6.07) is 2.64. The third-order valence-electron chi connectivity index (χ3n) is 3.03. The van der Waals surface area contributed by atoms with E-state index >= 15 is 0 Å². The van der Waals surface area contributed by atoms with E-state index in [-0.39, 0.29) is 5.41 Å². The van der Waals surface area contributed by atoms with Crippen molar-refractivity contribution in [3.63, 3.8) is 0 Å². The summed E-state index contributed by atoms with van der Waals surface area (Å²) in [5.74, 6) is 0. The summed E-state index contributed by atoms with van der Waals surface area (Å²) in [4.78, 5) is 0. The zero-order chi connectivity index (χ0) is 11.3. The molecule has 0 saturated heterocycles. The molecule has 0 amide bonds. The first-order chi connectivity index (χ1) is 7.03. The van der Waals surface area contributed by atoms with Crippen LogP contribution in [-0.4, -0.2) is 18.8 Å². The van der Waals surface area contributed by atoms with Crippen LogP contribution >= 0.6 is 0 Å². The van der Waals surface area contributed by atoms with Crippen molar-refractivity contribution >= 4 is 0 Å². The van der Waals surface area contributed by atoms with Crippen LogP contribution in [0.5, 0.6) is 0 Å². The molecule has 1 aliphatic rings. The maximum absolute atomic E-state index is 8.83. The van der Waals surface area contributed by atoms with Gasteiger partial charge in [0.2, 0.25) is 0 Å². The Bertz CT molecular complexity index is 232. The molecular formula is C12H22N2O. The summed E-state index contributed by atoms with van der Waals surface area (Å²) >= 11 is 0. The summed E-state index contributed by atoms with van der Waals surface area (Å²) in [7, 11) is 0. The number of nitriles is 1. The van der Waals surface area contributed by atoms with Crippen LogP contribution in [0.1, 0.15) is 46.0 Å². The van der Waals surface area contributed by atoms with Crippen molar-refractivity contribution in [1.82, 2.24) is 0 Å². The molecule has 2 unspecified atom stereocenters. The summed E-state index contributed by atoms with van der Waals surface area (Å²) in [5, 5.41) is 8.83. The molecule has 0 bridgehead atoms. The van der Waals surface area contributed by atoms with Gasteiger partial charge in [-0.3, -0.25) is 0 Å². The lowest BCUT2D eigenvalue weighted by Crippen LogP contribution is -2.18. The fourth-order valence-corrected chi connectivity index (χ4v) is 1.94. The van der Waals surface area contributed by atoms with Gasteiger partial charge >= 0.3 is 0 Å². The Hall–Kier alpha value is -0.590. The number of nitrogens with two attached hydrogens (primary N) is 1. The van der Waals surface area contributed by atoms with Crippen molar-refractivity contribution < 1.29 is 4.74 Å². The molecule has 15 heavy (non-hydrogen) atoms. The average molecular weight is 210 g/mol. The van der Waals surface area contributed by atoms with E-state index in [0.29, 0.717) is 12.1 Å². The maximum Gasteiger partial charge on any atom is 0.0683 e. The molecule has 1 saturated carbocycles. The first-order valence-corrected chi connectivity index (χ1v) is 5.82. The molecule has 0 aromatic rings. The second-order valence-corrected chi connectivity index (χ2v) is 5.17. The number of rotatable bonds is 5. The van der Waals surface area contributed by atoms with Gasteiger partial charge in [-0.1, -0.05) is 0 Å². The van der Waals surface area contributed by atoms with Crippen LogP contribution in [0, 0.1) is 16.7 Å². The normalized spacial score (nSPS) is 26.5. The first-order valence-electron chi connectivity index (χ1n) is 5.82. The molecule has 1 aliphatic carbocycles. The van der Waals surface area contributed by atoms with Crippen LogP contribution in [0.25, 0.3) is 0 Å². The van der Waals surface area contributed by atoms with E-state index < -0.39 is 0 Å². The van der Waals surface area contributed by atoms with Crippen molar-refractivity contribution in [1.29, 1.82) is 5.26 Å². The molecule has 86 valence electrons. The minimum absolute atomic E-state index is 0.213. The molecule has 0 radical (unpaired) electrons. The molecule has 0 heterocycles. The Balaban J connectivity index is 2.05. The zero-order valence-electron chi connectivity index (χ0n) is 9.83. The molecule has 0 aromatic heterocycles. The van der Waals surface area contributed by atoms with E-state index in [0.717, 1.165) is 38.7 Å². The monoisotopic (exact) mass is 210 g/mol. The lowest BCUT2D eigenvalue weighted by atomic mass is 9.90. The quantitative estimate of drug-likeness (QED) is 0.708. The van der Waals surface area contributed by atoms with Gasteiger partial charge in [-0.15, -0.1) is 0 Å². The minimum atomic E-state index is -0.213. The molecule has 1 fully saturated rings. The van der Waals surface area contributed by atoms with E-state index in [1.807, 2.05) is 13.8 Å². The molecule has 1 rings (SSSR count). The Labute approximate surface area is 92.6 Å². The molecule has 0 aromatic carbocycles. The van der Waals surface area contributed by atoms with Gasteiger partial charge in [0, 0.05) is 12.6 Å². The Morgan fingerprint density at radius 2 is 2.20 bits per heavy atom. The standard InChI is InChI=1S/C12H22N2O/c1-12(2,9-13)6-3-7-15-11-5-4-10(14)8-11/h10-11H,3-8,14H2,1-2H3. The van der Waals surface area contributed by atoms with Gasteiger partial charge in [-0.25, -0.2) is 0 Å². The third kappa shape index (κ3) is 4.63. The van der Waals surface area contributed by atoms with Crippen LogP contribution < -0.4 is 5.73 Å². The van der Waals surface area contributed by atoms with Gasteiger partial charge in [0.15, 0.2) is 0 Å². The molecule has 3 nitrogen and oxygen atoms in total. The molecule has 0 spiro atoms. The van der Waals surface area contributed by atoms with Gasteiger partial charge < -0.3 is 10.5 Å². The van der Waals surface area contributed by atoms with E-state index in [2.05, 4.69) is 6.07 Å². The number of hydrogen-bond acceptors (Lipinski definition) is 3. The minimum Gasteiger partial charge on any atom is -0.378 e. The highest BCUT2D eigenvalue weighted by atomic mass is 16.5. The Kier molecular flexibility index (Phi) is 4.56. The second kappa shape index (κ2) is 5.48. The number of nitrogens with zero attached hydrogens (tertiary/aromatic N) is 1. The third-order valence-corrected chi connectivity index (χ3v) is 3.03. The van der Waals surface area contributed by atoms with E-state index in [9.17, 15) is 0 Å². The maximum atomic E-state index is 8.83. The van der Waals surface area contributed by atoms with Gasteiger partial charge in [0.1, 0.15) is 0 Å². The summed E-state index contributed by atoms with van der Waals surface area (Å²) in [6.07, 6.45) is 5.43. The van der Waals surface area contributed by atoms with E-state index in [4.69, 9.17) is 15.7 Å². The highest BCUT2D eigenvalue weighted by molar-refractivity contribution is 4.91. The predicted molar refractivity (Wildman–Crippen MR) is 60.2 cm³/mol. The molecule has 0 aliphatic heterocycles. The predicted octanol–water partition coefficient (Wildman–Crippen LogP) is 2.21. The largest absolute Gasteiger partial charge is 0.378 e. The second-order valence-electron chi connectivity index (χ2n) is 5.17. The molecule has 2 atom stereocenters. The van der Waals surface area contributed by atoms with Crippen molar-refractivity contribution in [2.45, 2.75) is 58.1 Å². The van der Waals surface area contributed by atoms with Gasteiger partial charge in [-0.05, 0) is 46.0 Å². The highest BCUT2D eigenvalue weighted by Crippen LogP contribution is 2.23. The van der Waals surface area contributed by atoms with E-state index in [1.165, 1.54) is 0 Å². The fraction of sp³-hybridized carbons (Fsp3) is 0.917. The molecular weight excluding hydrogens is 188 g/mol. The van der Waals surface area contributed by atoms with E-state index in [1.54, 1.807) is 0 Å². The first kappa shape index (κ1) is 12.5. The number of ether oxygens (including phenoxy) is 1. The van der Waals surface area contributed by atoms with Crippen molar-refractivity contribution in [3.8, 4) is 6.07 Å². The van der Waals surface area contributed by atoms with Crippen LogP contribution in [0.4, 0.5) is 0 Å². The SMILES string of the molecule is CC(C)(C#N)CCCOC1CCC(N)C1. The lowest BCUT2D eigenvalue weighted by molar-refractivity contribution is 0.0521.